The monoisotopic (exact) mass is 288 g/mol. The Hall–Kier alpha value is 1.32. The molecule has 0 unspecified atom stereocenters. The molecular formula is C2H5Cl3GeO3S. The molecule has 0 aliphatic rings. The van der Waals surface area contributed by atoms with E-state index in [9.17, 15) is 8.42 Å². The second kappa shape index (κ2) is 3.82. The van der Waals surface area contributed by atoms with Crippen LogP contribution in [0.25, 0.3) is 0 Å². The summed E-state index contributed by atoms with van der Waals surface area (Å²) >= 11 is 0. The van der Waals surface area contributed by atoms with E-state index in [2.05, 4.69) is 0 Å². The van der Waals surface area contributed by atoms with Crippen molar-refractivity contribution in [3.05, 3.63) is 0 Å². The van der Waals surface area contributed by atoms with Crippen molar-refractivity contribution >= 4 is 50.6 Å². The third kappa shape index (κ3) is 9.32. The van der Waals surface area contributed by atoms with Crippen molar-refractivity contribution in [2.45, 2.75) is 5.25 Å². The van der Waals surface area contributed by atoms with Crippen molar-refractivity contribution < 1.29 is 13.0 Å². The second-order valence-corrected chi connectivity index (χ2v) is 19.9. The zero-order valence-electron chi connectivity index (χ0n) is 4.72. The molecule has 0 fully saturated rings. The average molecular weight is 288 g/mol. The Kier molecular flexibility index (Phi) is 4.33. The molecule has 0 aromatic carbocycles. The normalized spacial score (nSPS) is 13.6. The molecule has 10 heavy (non-hydrogen) atoms. The van der Waals surface area contributed by atoms with Gasteiger partial charge in [0, 0.05) is 0 Å². The second-order valence-electron chi connectivity index (χ2n) is 1.65. The molecule has 62 valence electrons. The standard InChI is InChI=1S/C2H5Cl3GeO3S/c3-6(4,5)1-2-10(7,8)9/h1-2H2,(H,7,8,9). The summed E-state index contributed by atoms with van der Waals surface area (Å²) < 4.78 is 28.4. The van der Waals surface area contributed by atoms with Gasteiger partial charge in [-0.1, -0.05) is 0 Å². The molecule has 3 nitrogen and oxygen atoms in total. The van der Waals surface area contributed by atoms with Gasteiger partial charge < -0.3 is 0 Å². The van der Waals surface area contributed by atoms with E-state index in [-0.39, 0.29) is 5.25 Å². The molecule has 0 aliphatic carbocycles. The Morgan fingerprint density at radius 1 is 1.30 bits per heavy atom. The maximum atomic E-state index is 10.1. The van der Waals surface area contributed by atoms with Crippen molar-refractivity contribution in [2.75, 3.05) is 5.75 Å². The molecule has 0 saturated heterocycles. The summed E-state index contributed by atoms with van der Waals surface area (Å²) in [7, 11) is 8.85. The first kappa shape index (κ1) is 11.3. The van der Waals surface area contributed by atoms with Crippen LogP contribution in [0.2, 0.25) is 5.25 Å². The van der Waals surface area contributed by atoms with Crippen LogP contribution in [0, 0.1) is 0 Å². The molecule has 1 N–H and O–H groups in total. The number of halogens is 3. The Balaban J connectivity index is 3.79. The molecule has 0 aliphatic heterocycles. The molecule has 0 radical (unpaired) electrons. The number of rotatable bonds is 3. The molecule has 0 atom stereocenters. The SMILES string of the molecule is O=S(=O)(O)C[CH2][Ge]([Cl])([Cl])[Cl]. The molecule has 0 amide bonds. The molecule has 0 aromatic rings. The van der Waals surface area contributed by atoms with Crippen LogP contribution >= 0.6 is 30.0 Å². The average Bonchev–Trinajstić information content (AvgIpc) is 1.57. The third-order valence-corrected chi connectivity index (χ3v) is 6.78. The van der Waals surface area contributed by atoms with Crippen molar-refractivity contribution in [3.8, 4) is 0 Å². The van der Waals surface area contributed by atoms with Crippen LogP contribution in [0.3, 0.4) is 0 Å². The maximum absolute atomic E-state index is 10.1. The van der Waals surface area contributed by atoms with Crippen molar-refractivity contribution in [3.63, 3.8) is 0 Å². The summed E-state index contributed by atoms with van der Waals surface area (Å²) in [5.74, 6) is -0.455. The van der Waals surface area contributed by atoms with Crippen LogP contribution in [0.15, 0.2) is 0 Å². The molecule has 0 saturated carbocycles. The van der Waals surface area contributed by atoms with Crippen LogP contribution in [0.5, 0.6) is 0 Å². The molecule has 8 heteroatoms. The fourth-order valence-electron chi connectivity index (χ4n) is 0.245. The van der Waals surface area contributed by atoms with Gasteiger partial charge in [-0.3, -0.25) is 0 Å². The van der Waals surface area contributed by atoms with E-state index in [1.807, 2.05) is 0 Å². The minimum absolute atomic E-state index is 0.0243. The van der Waals surface area contributed by atoms with Crippen LogP contribution in [-0.4, -0.2) is 29.2 Å². The summed E-state index contributed by atoms with van der Waals surface area (Å²) in [6.07, 6.45) is 0. The first-order valence-electron chi connectivity index (χ1n) is 2.23. The summed E-state index contributed by atoms with van der Waals surface area (Å²) in [5, 5.41) is -0.0243. The zero-order valence-corrected chi connectivity index (χ0v) is 9.90. The molecule has 0 bridgehead atoms. The van der Waals surface area contributed by atoms with Gasteiger partial charge in [-0.05, 0) is 0 Å². The van der Waals surface area contributed by atoms with Crippen LogP contribution in [0.1, 0.15) is 0 Å². The zero-order chi connectivity index (χ0) is 8.41. The number of hydrogen-bond acceptors (Lipinski definition) is 2. The summed E-state index contributed by atoms with van der Waals surface area (Å²) in [6, 6.07) is 0. The van der Waals surface area contributed by atoms with Gasteiger partial charge in [0.2, 0.25) is 0 Å². The topological polar surface area (TPSA) is 54.4 Å². The quantitative estimate of drug-likeness (QED) is 0.633. The summed E-state index contributed by atoms with van der Waals surface area (Å²) in [5.41, 5.74) is 0. The van der Waals surface area contributed by atoms with Gasteiger partial charge in [0.05, 0.1) is 0 Å². The Morgan fingerprint density at radius 2 is 1.70 bits per heavy atom. The van der Waals surface area contributed by atoms with Crippen LogP contribution < -0.4 is 0 Å². The third-order valence-electron chi connectivity index (χ3n) is 0.643. The fraction of sp³-hybridized carbons (Fsp3) is 1.00. The van der Waals surface area contributed by atoms with E-state index in [4.69, 9.17) is 34.6 Å². The van der Waals surface area contributed by atoms with Gasteiger partial charge >= 0.3 is 74.6 Å². The van der Waals surface area contributed by atoms with Gasteiger partial charge in [-0.25, -0.2) is 0 Å². The van der Waals surface area contributed by atoms with Crippen LogP contribution in [0.4, 0.5) is 0 Å². The van der Waals surface area contributed by atoms with Gasteiger partial charge in [-0.15, -0.1) is 0 Å². The van der Waals surface area contributed by atoms with E-state index in [0.717, 1.165) is 0 Å². The van der Waals surface area contributed by atoms with Gasteiger partial charge in [0.1, 0.15) is 0 Å². The Morgan fingerprint density at radius 3 is 1.80 bits per heavy atom. The van der Waals surface area contributed by atoms with Crippen molar-refractivity contribution in [1.29, 1.82) is 0 Å². The van der Waals surface area contributed by atoms with E-state index >= 15 is 0 Å². The summed E-state index contributed by atoms with van der Waals surface area (Å²) in [6.45, 7) is 0. The van der Waals surface area contributed by atoms with Gasteiger partial charge in [0.25, 0.3) is 0 Å². The van der Waals surface area contributed by atoms with Crippen molar-refractivity contribution in [1.82, 2.24) is 0 Å². The van der Waals surface area contributed by atoms with E-state index in [1.165, 1.54) is 0 Å². The molecular weight excluding hydrogens is 283 g/mol. The first-order chi connectivity index (χ1) is 4.21. The van der Waals surface area contributed by atoms with E-state index in [0.29, 0.717) is 0 Å². The van der Waals surface area contributed by atoms with E-state index in [1.54, 1.807) is 0 Å². The Bertz CT molecular complexity index is 194. The predicted octanol–water partition coefficient (Wildman–Crippen LogP) is 1.53. The fourth-order valence-corrected chi connectivity index (χ4v) is 7.42. The van der Waals surface area contributed by atoms with Gasteiger partial charge in [-0.2, -0.15) is 0 Å². The molecule has 0 spiro atoms. The summed E-state index contributed by atoms with van der Waals surface area (Å²) in [4.78, 5) is 0. The van der Waals surface area contributed by atoms with Gasteiger partial charge in [0.15, 0.2) is 0 Å². The molecule has 0 rings (SSSR count). The predicted molar refractivity (Wildman–Crippen MR) is 44.5 cm³/mol. The van der Waals surface area contributed by atoms with E-state index < -0.39 is 26.3 Å². The number of hydrogen-bond donors (Lipinski definition) is 1. The first-order valence-corrected chi connectivity index (χ1v) is 13.6. The van der Waals surface area contributed by atoms with Crippen molar-refractivity contribution in [2.24, 2.45) is 0 Å². The van der Waals surface area contributed by atoms with Crippen LogP contribution in [-0.2, 0) is 10.1 Å². The Labute approximate surface area is 74.3 Å². The molecule has 0 heterocycles. The minimum atomic E-state index is -3.96. The molecule has 0 aromatic heterocycles.